The van der Waals surface area contributed by atoms with E-state index in [9.17, 15) is 4.79 Å². The number of anilines is 1. The number of hydrogen-bond donors (Lipinski definition) is 2. The summed E-state index contributed by atoms with van der Waals surface area (Å²) in [6.45, 7) is 2.01. The largest absolute Gasteiger partial charge is 0.481 e. The molecule has 0 amide bonds. The highest BCUT2D eigenvalue weighted by molar-refractivity contribution is 7.99. The van der Waals surface area contributed by atoms with Gasteiger partial charge in [0.1, 0.15) is 0 Å². The van der Waals surface area contributed by atoms with E-state index in [-0.39, 0.29) is 6.42 Å². The maximum absolute atomic E-state index is 10.3. The number of aliphatic carboxylic acids is 1. The molecule has 0 aliphatic heterocycles. The zero-order valence-electron chi connectivity index (χ0n) is 9.40. The van der Waals surface area contributed by atoms with Gasteiger partial charge in [-0.2, -0.15) is 0 Å². The summed E-state index contributed by atoms with van der Waals surface area (Å²) in [5, 5.41) is 8.48. The second kappa shape index (κ2) is 6.43. The van der Waals surface area contributed by atoms with Crippen molar-refractivity contribution < 1.29 is 9.90 Å². The first kappa shape index (κ1) is 12.9. The second-order valence-corrected chi connectivity index (χ2v) is 4.88. The normalized spacial score (nSPS) is 10.3. The highest BCUT2D eigenvalue weighted by Gasteiger charge is 2.01. The van der Waals surface area contributed by atoms with Crippen LogP contribution in [0.3, 0.4) is 0 Å². The molecular formula is C12H17NO2S. The second-order valence-electron chi connectivity index (χ2n) is 3.74. The van der Waals surface area contributed by atoms with Crippen LogP contribution in [0.25, 0.3) is 0 Å². The van der Waals surface area contributed by atoms with Crippen molar-refractivity contribution in [1.29, 1.82) is 0 Å². The molecular weight excluding hydrogens is 222 g/mol. The van der Waals surface area contributed by atoms with E-state index in [2.05, 4.69) is 0 Å². The SMILES string of the molecule is Cc1ccc(SCCCCC(=O)O)c(N)c1. The predicted octanol–water partition coefficient (Wildman–Crippen LogP) is 2.92. The number of thioether (sulfide) groups is 1. The van der Waals surface area contributed by atoms with E-state index in [1.54, 1.807) is 11.8 Å². The molecule has 0 bridgehead atoms. The third kappa shape index (κ3) is 4.57. The standard InChI is InChI=1S/C12H17NO2S/c1-9-5-6-11(10(13)8-9)16-7-3-2-4-12(14)15/h5-6,8H,2-4,7,13H2,1H3,(H,14,15). The molecule has 0 heterocycles. The number of nitrogen functional groups attached to an aromatic ring is 1. The molecule has 4 heteroatoms. The van der Waals surface area contributed by atoms with Crippen LogP contribution >= 0.6 is 11.8 Å². The summed E-state index contributed by atoms with van der Waals surface area (Å²) in [7, 11) is 0. The van der Waals surface area contributed by atoms with Crippen LogP contribution in [0.2, 0.25) is 0 Å². The van der Waals surface area contributed by atoms with Crippen LogP contribution in [0.15, 0.2) is 23.1 Å². The van der Waals surface area contributed by atoms with Crippen LogP contribution in [0.4, 0.5) is 5.69 Å². The third-order valence-electron chi connectivity index (χ3n) is 2.21. The van der Waals surface area contributed by atoms with E-state index < -0.39 is 5.97 Å². The highest BCUT2D eigenvalue weighted by Crippen LogP contribution is 2.26. The Morgan fingerprint density at radius 3 is 2.81 bits per heavy atom. The average Bonchev–Trinajstić information content (AvgIpc) is 2.20. The van der Waals surface area contributed by atoms with E-state index in [1.165, 1.54) is 0 Å². The summed E-state index contributed by atoms with van der Waals surface area (Å²) in [5.74, 6) is 0.195. The van der Waals surface area contributed by atoms with Gasteiger partial charge in [0, 0.05) is 17.0 Å². The lowest BCUT2D eigenvalue weighted by molar-refractivity contribution is -0.137. The van der Waals surface area contributed by atoms with Gasteiger partial charge in [0.25, 0.3) is 0 Å². The van der Waals surface area contributed by atoms with Crippen LogP contribution < -0.4 is 5.73 Å². The molecule has 0 fully saturated rings. The lowest BCUT2D eigenvalue weighted by Gasteiger charge is -2.05. The fourth-order valence-corrected chi connectivity index (χ4v) is 2.32. The van der Waals surface area contributed by atoms with Gasteiger partial charge in [0.2, 0.25) is 0 Å². The minimum absolute atomic E-state index is 0.254. The Hall–Kier alpha value is -1.16. The van der Waals surface area contributed by atoms with E-state index >= 15 is 0 Å². The van der Waals surface area contributed by atoms with Crippen molar-refractivity contribution in [2.75, 3.05) is 11.5 Å². The summed E-state index contributed by atoms with van der Waals surface area (Å²) in [4.78, 5) is 11.4. The first-order valence-electron chi connectivity index (χ1n) is 5.30. The van der Waals surface area contributed by atoms with Gasteiger partial charge in [-0.25, -0.2) is 0 Å². The molecule has 3 nitrogen and oxygen atoms in total. The van der Waals surface area contributed by atoms with Crippen molar-refractivity contribution >= 4 is 23.4 Å². The molecule has 0 atom stereocenters. The minimum atomic E-state index is -0.722. The molecule has 0 saturated heterocycles. The van der Waals surface area contributed by atoms with Gasteiger partial charge in [-0.15, -0.1) is 11.8 Å². The molecule has 1 aromatic carbocycles. The van der Waals surface area contributed by atoms with Gasteiger partial charge in [0.15, 0.2) is 0 Å². The zero-order valence-corrected chi connectivity index (χ0v) is 10.2. The Kier molecular flexibility index (Phi) is 5.19. The molecule has 0 unspecified atom stereocenters. The predicted molar refractivity (Wildman–Crippen MR) is 67.8 cm³/mol. The third-order valence-corrected chi connectivity index (χ3v) is 3.38. The fourth-order valence-electron chi connectivity index (χ4n) is 1.36. The molecule has 0 aliphatic rings. The monoisotopic (exact) mass is 239 g/mol. The van der Waals surface area contributed by atoms with E-state index in [1.807, 2.05) is 25.1 Å². The van der Waals surface area contributed by atoms with Gasteiger partial charge < -0.3 is 10.8 Å². The lowest BCUT2D eigenvalue weighted by Crippen LogP contribution is -1.95. The summed E-state index contributed by atoms with van der Waals surface area (Å²) < 4.78 is 0. The Morgan fingerprint density at radius 2 is 2.19 bits per heavy atom. The fraction of sp³-hybridized carbons (Fsp3) is 0.417. The number of unbranched alkanes of at least 4 members (excludes halogenated alkanes) is 1. The first-order valence-corrected chi connectivity index (χ1v) is 6.29. The van der Waals surface area contributed by atoms with Crippen LogP contribution in [0.1, 0.15) is 24.8 Å². The van der Waals surface area contributed by atoms with Gasteiger partial charge in [-0.3, -0.25) is 4.79 Å². The topological polar surface area (TPSA) is 63.3 Å². The quantitative estimate of drug-likeness (QED) is 0.455. The molecule has 0 radical (unpaired) electrons. The summed E-state index contributed by atoms with van der Waals surface area (Å²) in [5.41, 5.74) is 7.84. The zero-order chi connectivity index (χ0) is 12.0. The maximum atomic E-state index is 10.3. The number of nitrogens with two attached hydrogens (primary N) is 1. The Morgan fingerprint density at radius 1 is 1.44 bits per heavy atom. The number of rotatable bonds is 6. The van der Waals surface area contributed by atoms with E-state index in [0.29, 0.717) is 0 Å². The average molecular weight is 239 g/mol. The molecule has 0 aliphatic carbocycles. The highest BCUT2D eigenvalue weighted by atomic mass is 32.2. The van der Waals surface area contributed by atoms with Crippen molar-refractivity contribution in [3.8, 4) is 0 Å². The van der Waals surface area contributed by atoms with Crippen molar-refractivity contribution in [3.63, 3.8) is 0 Å². The van der Waals surface area contributed by atoms with Crippen LogP contribution in [0, 0.1) is 6.92 Å². The maximum Gasteiger partial charge on any atom is 0.303 e. The molecule has 0 aromatic heterocycles. The number of hydrogen-bond acceptors (Lipinski definition) is 3. The van der Waals surface area contributed by atoms with Crippen molar-refractivity contribution in [2.45, 2.75) is 31.1 Å². The molecule has 1 aromatic rings. The molecule has 1 rings (SSSR count). The smallest absolute Gasteiger partial charge is 0.303 e. The number of carbonyl (C=O) groups is 1. The van der Waals surface area contributed by atoms with E-state index in [4.69, 9.17) is 10.8 Å². The number of carboxylic acids is 1. The van der Waals surface area contributed by atoms with Crippen molar-refractivity contribution in [3.05, 3.63) is 23.8 Å². The van der Waals surface area contributed by atoms with Gasteiger partial charge in [0.05, 0.1) is 0 Å². The Balaban J connectivity index is 2.29. The van der Waals surface area contributed by atoms with Crippen LogP contribution in [-0.4, -0.2) is 16.8 Å². The molecule has 0 saturated carbocycles. The molecule has 16 heavy (non-hydrogen) atoms. The molecule has 0 spiro atoms. The van der Waals surface area contributed by atoms with E-state index in [0.717, 1.165) is 34.7 Å². The number of benzene rings is 1. The van der Waals surface area contributed by atoms with Crippen molar-refractivity contribution in [2.24, 2.45) is 0 Å². The summed E-state index contributed by atoms with van der Waals surface area (Å²) in [6, 6.07) is 6.02. The Bertz CT molecular complexity index is 366. The summed E-state index contributed by atoms with van der Waals surface area (Å²) >= 11 is 1.69. The van der Waals surface area contributed by atoms with Crippen LogP contribution in [-0.2, 0) is 4.79 Å². The molecule has 88 valence electrons. The summed E-state index contributed by atoms with van der Waals surface area (Å²) in [6.07, 6.45) is 1.89. The first-order chi connectivity index (χ1) is 7.59. The Labute approximate surface area is 100 Å². The lowest BCUT2D eigenvalue weighted by atomic mass is 10.2. The minimum Gasteiger partial charge on any atom is -0.481 e. The van der Waals surface area contributed by atoms with Crippen LogP contribution in [0.5, 0.6) is 0 Å². The van der Waals surface area contributed by atoms with Crippen molar-refractivity contribution in [1.82, 2.24) is 0 Å². The van der Waals surface area contributed by atoms with Gasteiger partial charge >= 0.3 is 5.97 Å². The number of aryl methyl sites for hydroxylation is 1. The molecule has 3 N–H and O–H groups in total. The number of carboxylic acid groups (broad SMARTS) is 1. The van der Waals surface area contributed by atoms with Gasteiger partial charge in [-0.05, 0) is 43.2 Å². The van der Waals surface area contributed by atoms with Gasteiger partial charge in [-0.1, -0.05) is 6.07 Å².